The number of hydrogen-bond donors (Lipinski definition) is 0. The highest BCUT2D eigenvalue weighted by atomic mass is 19.1. The van der Waals surface area contributed by atoms with Crippen LogP contribution in [0.15, 0.2) is 42.5 Å². The molecule has 3 heteroatoms. The minimum Gasteiger partial charge on any atom is -0.490 e. The molecule has 2 aromatic rings. The van der Waals surface area contributed by atoms with Crippen LogP contribution in [0.5, 0.6) is 5.75 Å². The lowest BCUT2D eigenvalue weighted by Crippen LogP contribution is -2.24. The van der Waals surface area contributed by atoms with Crippen LogP contribution < -0.4 is 4.74 Å². The van der Waals surface area contributed by atoms with E-state index in [0.717, 1.165) is 30.3 Å². The predicted octanol–water partition coefficient (Wildman–Crippen LogP) is 4.24. The molecule has 1 aliphatic rings. The lowest BCUT2D eigenvalue weighted by Gasteiger charge is -2.26. The molecule has 1 aliphatic carbocycles. The van der Waals surface area contributed by atoms with E-state index in [-0.39, 0.29) is 11.9 Å². The standard InChI is InChI=1S/C17H15FO2/c18-15-6-4-13(5-7-15)14-8-12(11-19)9-17(10-14)20-16-2-1-3-16/h4-11,16H,1-3H2. The van der Waals surface area contributed by atoms with Crippen LogP contribution in [0.3, 0.4) is 0 Å². The average molecular weight is 270 g/mol. The van der Waals surface area contributed by atoms with Gasteiger partial charge in [0.2, 0.25) is 0 Å². The fourth-order valence-corrected chi connectivity index (χ4v) is 2.25. The molecule has 0 N–H and O–H groups in total. The molecule has 20 heavy (non-hydrogen) atoms. The zero-order valence-corrected chi connectivity index (χ0v) is 11.0. The Labute approximate surface area is 117 Å². The molecule has 0 radical (unpaired) electrons. The van der Waals surface area contributed by atoms with Crippen molar-refractivity contribution in [1.82, 2.24) is 0 Å². The molecule has 0 spiro atoms. The van der Waals surface area contributed by atoms with E-state index in [1.165, 1.54) is 18.6 Å². The van der Waals surface area contributed by atoms with Crippen LogP contribution in [0, 0.1) is 5.82 Å². The normalized spacial score (nSPS) is 14.7. The summed E-state index contributed by atoms with van der Waals surface area (Å²) in [7, 11) is 0. The number of hydrogen-bond acceptors (Lipinski definition) is 2. The van der Waals surface area contributed by atoms with E-state index in [2.05, 4.69) is 0 Å². The first-order valence-corrected chi connectivity index (χ1v) is 6.77. The van der Waals surface area contributed by atoms with Crippen molar-refractivity contribution in [2.24, 2.45) is 0 Å². The van der Waals surface area contributed by atoms with Crippen LogP contribution in [0.25, 0.3) is 11.1 Å². The molecule has 102 valence electrons. The largest absolute Gasteiger partial charge is 0.490 e. The summed E-state index contributed by atoms with van der Waals surface area (Å²) in [4.78, 5) is 11.1. The summed E-state index contributed by atoms with van der Waals surface area (Å²) in [5.74, 6) is 0.435. The Bertz CT molecular complexity index is 615. The molecule has 0 atom stereocenters. The first-order chi connectivity index (χ1) is 9.74. The summed E-state index contributed by atoms with van der Waals surface area (Å²) in [5.41, 5.74) is 2.30. The van der Waals surface area contributed by atoms with Crippen LogP contribution in [-0.4, -0.2) is 12.4 Å². The Balaban J connectivity index is 1.94. The van der Waals surface area contributed by atoms with Gasteiger partial charge in [-0.2, -0.15) is 0 Å². The Morgan fingerprint density at radius 2 is 1.80 bits per heavy atom. The van der Waals surface area contributed by atoms with E-state index in [0.29, 0.717) is 11.3 Å². The number of halogens is 1. The van der Waals surface area contributed by atoms with Gasteiger partial charge in [-0.05, 0) is 60.7 Å². The third-order valence-electron chi connectivity index (χ3n) is 3.60. The second-order valence-corrected chi connectivity index (χ2v) is 5.09. The van der Waals surface area contributed by atoms with Gasteiger partial charge in [0, 0.05) is 5.56 Å². The fraction of sp³-hybridized carbons (Fsp3) is 0.235. The van der Waals surface area contributed by atoms with E-state index >= 15 is 0 Å². The van der Waals surface area contributed by atoms with Crippen LogP contribution in [0.2, 0.25) is 0 Å². The molecular weight excluding hydrogens is 255 g/mol. The van der Waals surface area contributed by atoms with Crippen molar-refractivity contribution in [3.8, 4) is 16.9 Å². The molecule has 1 fully saturated rings. The molecule has 2 aromatic carbocycles. The van der Waals surface area contributed by atoms with E-state index in [9.17, 15) is 9.18 Å². The van der Waals surface area contributed by atoms with Gasteiger partial charge in [0.25, 0.3) is 0 Å². The number of ether oxygens (including phenoxy) is 1. The van der Waals surface area contributed by atoms with Crippen molar-refractivity contribution in [2.45, 2.75) is 25.4 Å². The molecule has 0 heterocycles. The number of benzene rings is 2. The first-order valence-electron chi connectivity index (χ1n) is 6.77. The van der Waals surface area contributed by atoms with Gasteiger partial charge < -0.3 is 4.74 Å². The monoisotopic (exact) mass is 270 g/mol. The summed E-state index contributed by atoms with van der Waals surface area (Å²) in [6.45, 7) is 0. The number of aldehydes is 1. The summed E-state index contributed by atoms with van der Waals surface area (Å²) < 4.78 is 18.8. The minimum absolute atomic E-state index is 0.262. The topological polar surface area (TPSA) is 26.3 Å². The lowest BCUT2D eigenvalue weighted by atomic mass is 9.96. The maximum atomic E-state index is 13.0. The lowest BCUT2D eigenvalue weighted by molar-refractivity contribution is 0.111. The third-order valence-corrected chi connectivity index (χ3v) is 3.60. The molecule has 1 saturated carbocycles. The van der Waals surface area contributed by atoms with Crippen LogP contribution in [-0.2, 0) is 0 Å². The zero-order chi connectivity index (χ0) is 13.9. The maximum Gasteiger partial charge on any atom is 0.150 e. The minimum atomic E-state index is -0.272. The van der Waals surface area contributed by atoms with Crippen LogP contribution in [0.1, 0.15) is 29.6 Å². The quantitative estimate of drug-likeness (QED) is 0.777. The molecule has 0 aromatic heterocycles. The summed E-state index contributed by atoms with van der Waals surface area (Å²) in [6, 6.07) is 11.7. The predicted molar refractivity (Wildman–Crippen MR) is 75.5 cm³/mol. The van der Waals surface area contributed by atoms with E-state index in [1.54, 1.807) is 24.3 Å². The molecule has 3 rings (SSSR count). The second kappa shape index (κ2) is 5.45. The van der Waals surface area contributed by atoms with Gasteiger partial charge in [0.05, 0.1) is 6.10 Å². The van der Waals surface area contributed by atoms with Gasteiger partial charge in [-0.25, -0.2) is 4.39 Å². The molecule has 0 aliphatic heterocycles. The maximum absolute atomic E-state index is 13.0. The highest BCUT2D eigenvalue weighted by Gasteiger charge is 2.19. The van der Waals surface area contributed by atoms with Gasteiger partial charge in [0.1, 0.15) is 17.9 Å². The number of carbonyl (C=O) groups excluding carboxylic acids is 1. The van der Waals surface area contributed by atoms with Crippen molar-refractivity contribution in [3.05, 3.63) is 53.8 Å². The van der Waals surface area contributed by atoms with Gasteiger partial charge in [-0.15, -0.1) is 0 Å². The fourth-order valence-electron chi connectivity index (χ4n) is 2.25. The smallest absolute Gasteiger partial charge is 0.150 e. The SMILES string of the molecule is O=Cc1cc(OC2CCC2)cc(-c2ccc(F)cc2)c1. The Morgan fingerprint density at radius 1 is 1.05 bits per heavy atom. The molecule has 0 saturated heterocycles. The summed E-state index contributed by atoms with van der Waals surface area (Å²) >= 11 is 0. The Hall–Kier alpha value is -2.16. The van der Waals surface area contributed by atoms with Crippen molar-refractivity contribution < 1.29 is 13.9 Å². The van der Waals surface area contributed by atoms with E-state index < -0.39 is 0 Å². The Kier molecular flexibility index (Phi) is 3.50. The summed E-state index contributed by atoms with van der Waals surface area (Å²) in [6.07, 6.45) is 4.40. The third kappa shape index (κ3) is 2.72. The van der Waals surface area contributed by atoms with Crippen LogP contribution in [0.4, 0.5) is 4.39 Å². The highest BCUT2D eigenvalue weighted by Crippen LogP contribution is 2.30. The average Bonchev–Trinajstić information content (AvgIpc) is 2.43. The van der Waals surface area contributed by atoms with E-state index in [1.807, 2.05) is 6.07 Å². The van der Waals surface area contributed by atoms with Gasteiger partial charge in [-0.1, -0.05) is 12.1 Å². The van der Waals surface area contributed by atoms with Crippen molar-refractivity contribution in [2.75, 3.05) is 0 Å². The van der Waals surface area contributed by atoms with E-state index in [4.69, 9.17) is 4.74 Å². The highest BCUT2D eigenvalue weighted by molar-refractivity contribution is 5.80. The summed E-state index contributed by atoms with van der Waals surface area (Å²) in [5, 5.41) is 0. The van der Waals surface area contributed by atoms with Crippen molar-refractivity contribution in [3.63, 3.8) is 0 Å². The van der Waals surface area contributed by atoms with Gasteiger partial charge >= 0.3 is 0 Å². The van der Waals surface area contributed by atoms with Crippen molar-refractivity contribution >= 4 is 6.29 Å². The van der Waals surface area contributed by atoms with Crippen molar-refractivity contribution in [1.29, 1.82) is 0 Å². The number of rotatable bonds is 4. The second-order valence-electron chi connectivity index (χ2n) is 5.09. The zero-order valence-electron chi connectivity index (χ0n) is 11.0. The van der Waals surface area contributed by atoms with Crippen LogP contribution >= 0.6 is 0 Å². The van der Waals surface area contributed by atoms with Gasteiger partial charge in [-0.3, -0.25) is 4.79 Å². The Morgan fingerprint density at radius 3 is 2.40 bits per heavy atom. The molecule has 2 nitrogen and oxygen atoms in total. The van der Waals surface area contributed by atoms with Gasteiger partial charge in [0.15, 0.2) is 0 Å². The number of carbonyl (C=O) groups is 1. The molecular formula is C17H15FO2. The molecule has 0 bridgehead atoms. The first kappa shape index (κ1) is 12.9. The molecule has 0 unspecified atom stereocenters. The molecule has 0 amide bonds.